The van der Waals surface area contributed by atoms with Gasteiger partial charge in [0.25, 0.3) is 0 Å². The van der Waals surface area contributed by atoms with Gasteiger partial charge >= 0.3 is 5.97 Å². The maximum atomic E-state index is 13.1. The number of ether oxygens (including phenoxy) is 2. The molecule has 0 saturated heterocycles. The molecule has 0 aliphatic heterocycles. The summed E-state index contributed by atoms with van der Waals surface area (Å²) in [6.07, 6.45) is 14.3. The van der Waals surface area contributed by atoms with Crippen LogP contribution in [0, 0.1) is 0 Å². The Balaban J connectivity index is 2.68. The molecule has 0 unspecified atom stereocenters. The monoisotopic (exact) mass is 474 g/mol. The molecule has 2 aromatic rings. The van der Waals surface area contributed by atoms with E-state index in [4.69, 9.17) is 14.2 Å². The third-order valence-corrected chi connectivity index (χ3v) is 10.1. The first-order chi connectivity index (χ1) is 16.0. The number of benzene rings is 1. The molecule has 1 heterocycles. The second-order valence-corrected chi connectivity index (χ2v) is 12.4. The number of carbonyl (C=O) groups excluding carboxylic acids is 1. The van der Waals surface area contributed by atoms with Crippen LogP contribution in [0.5, 0.6) is 0 Å². The second-order valence-electron chi connectivity index (χ2n) is 8.67. The van der Waals surface area contributed by atoms with E-state index < -0.39 is 7.05 Å². The molecule has 0 spiro atoms. The second kappa shape index (κ2) is 14.4. The summed E-state index contributed by atoms with van der Waals surface area (Å²) in [4.78, 5) is 13.1. The summed E-state index contributed by atoms with van der Waals surface area (Å²) >= 11 is 0. The molecule has 184 valence electrons. The third kappa shape index (κ3) is 7.86. The van der Waals surface area contributed by atoms with Crippen LogP contribution in [0.25, 0.3) is 17.0 Å². The first-order valence-electron chi connectivity index (χ1n) is 12.6. The van der Waals surface area contributed by atoms with Gasteiger partial charge in [-0.1, -0.05) is 58.2 Å². The molecule has 0 N–H and O–H groups in total. The largest absolute Gasteiger partial charge is 0.461 e. The highest BCUT2D eigenvalue weighted by atomic mass is 31.2. The van der Waals surface area contributed by atoms with Gasteiger partial charge in [-0.05, 0) is 63.9 Å². The Morgan fingerprint density at radius 3 is 2.15 bits per heavy atom. The molecule has 33 heavy (non-hydrogen) atoms. The average molecular weight is 475 g/mol. The Morgan fingerprint density at radius 2 is 1.61 bits per heavy atom. The quantitative estimate of drug-likeness (QED) is 0.151. The minimum absolute atomic E-state index is 0.310. The number of methoxy groups -OCH3 is 1. The number of rotatable bonds is 15. The van der Waals surface area contributed by atoms with Gasteiger partial charge in [-0.25, -0.2) is 4.79 Å². The van der Waals surface area contributed by atoms with Crippen molar-refractivity contribution < 1.29 is 14.3 Å². The maximum Gasteiger partial charge on any atom is 0.356 e. The van der Waals surface area contributed by atoms with Crippen LogP contribution >= 0.6 is 7.05 Å². The van der Waals surface area contributed by atoms with Crippen molar-refractivity contribution in [2.45, 2.75) is 73.0 Å². The van der Waals surface area contributed by atoms with Crippen molar-refractivity contribution in [2.24, 2.45) is 4.74 Å². The number of nitrogens with zero attached hydrogens (tertiary/aromatic N) is 2. The van der Waals surface area contributed by atoms with Crippen LogP contribution in [0.4, 0.5) is 0 Å². The number of esters is 1. The molecule has 0 atom stereocenters. The molecule has 0 amide bonds. The Hall–Kier alpha value is -1.84. The number of carbonyl (C=O) groups is 1. The highest BCUT2D eigenvalue weighted by Gasteiger charge is 2.22. The normalized spacial score (nSPS) is 12.3. The molecule has 1 aromatic heterocycles. The SMILES string of the molecule is CCCCP(CCCC)(CCCC)=N/C(=C\c1cn(COC)c2ccccc12)C(=O)OCC. The van der Waals surface area contributed by atoms with E-state index in [1.165, 1.54) is 0 Å². The fourth-order valence-corrected chi connectivity index (χ4v) is 8.47. The zero-order chi connectivity index (χ0) is 24.1. The van der Waals surface area contributed by atoms with E-state index in [1.54, 1.807) is 7.11 Å². The van der Waals surface area contributed by atoms with Crippen molar-refractivity contribution in [1.82, 2.24) is 4.57 Å². The van der Waals surface area contributed by atoms with E-state index in [0.717, 1.165) is 73.5 Å². The topological polar surface area (TPSA) is 52.8 Å². The Morgan fingerprint density at radius 1 is 1.00 bits per heavy atom. The summed E-state index contributed by atoms with van der Waals surface area (Å²) in [6.45, 7) is 9.37. The van der Waals surface area contributed by atoms with E-state index >= 15 is 0 Å². The van der Waals surface area contributed by atoms with Crippen molar-refractivity contribution in [3.63, 3.8) is 0 Å². The lowest BCUT2D eigenvalue weighted by Crippen LogP contribution is -2.09. The van der Waals surface area contributed by atoms with Crippen LogP contribution in [0.2, 0.25) is 0 Å². The molecule has 0 bridgehead atoms. The molecule has 0 aliphatic rings. The van der Waals surface area contributed by atoms with Crippen molar-refractivity contribution in [3.8, 4) is 0 Å². The Labute approximate surface area is 200 Å². The van der Waals surface area contributed by atoms with E-state index in [1.807, 2.05) is 31.3 Å². The molecule has 6 heteroatoms. The first kappa shape index (κ1) is 27.4. The zero-order valence-corrected chi connectivity index (χ0v) is 22.2. The molecule has 0 aliphatic carbocycles. The van der Waals surface area contributed by atoms with E-state index in [9.17, 15) is 4.79 Å². The predicted molar refractivity (Wildman–Crippen MR) is 142 cm³/mol. The van der Waals surface area contributed by atoms with Gasteiger partial charge in [0.05, 0.1) is 12.1 Å². The van der Waals surface area contributed by atoms with E-state index in [-0.39, 0.29) is 5.97 Å². The van der Waals surface area contributed by atoms with Crippen molar-refractivity contribution in [2.75, 3.05) is 32.2 Å². The summed E-state index contributed by atoms with van der Waals surface area (Å²) in [5.74, 6) is -0.310. The third-order valence-electron chi connectivity index (χ3n) is 5.97. The minimum Gasteiger partial charge on any atom is -0.461 e. The summed E-state index contributed by atoms with van der Waals surface area (Å²) in [5.41, 5.74) is 2.54. The van der Waals surface area contributed by atoms with Gasteiger partial charge in [-0.3, -0.25) is 4.74 Å². The van der Waals surface area contributed by atoms with Gasteiger partial charge in [0.1, 0.15) is 12.4 Å². The lowest BCUT2D eigenvalue weighted by atomic mass is 10.1. The highest BCUT2D eigenvalue weighted by Crippen LogP contribution is 2.53. The number of unbranched alkanes of at least 4 members (excludes halogenated alkanes) is 3. The van der Waals surface area contributed by atoms with Crippen molar-refractivity contribution >= 4 is 30.0 Å². The molecule has 5 nitrogen and oxygen atoms in total. The first-order valence-corrected chi connectivity index (χ1v) is 14.9. The number of fused-ring (bicyclic) bond motifs is 1. The number of hydrogen-bond acceptors (Lipinski definition) is 4. The fraction of sp³-hybridized carbons (Fsp3) is 0.593. The average Bonchev–Trinajstić information content (AvgIpc) is 3.17. The number of hydrogen-bond donors (Lipinski definition) is 0. The lowest BCUT2D eigenvalue weighted by molar-refractivity contribution is -0.138. The Kier molecular flexibility index (Phi) is 12.0. The van der Waals surface area contributed by atoms with Gasteiger partial charge in [0, 0.05) is 24.3 Å². The van der Waals surface area contributed by atoms with Gasteiger partial charge < -0.3 is 14.0 Å². The van der Waals surface area contributed by atoms with Crippen LogP contribution in [0.15, 0.2) is 40.9 Å². The van der Waals surface area contributed by atoms with Crippen LogP contribution in [0.1, 0.15) is 71.8 Å². The van der Waals surface area contributed by atoms with E-state index in [0.29, 0.717) is 19.0 Å². The Bertz CT molecular complexity index is 933. The molecule has 1 aromatic carbocycles. The van der Waals surface area contributed by atoms with Crippen LogP contribution in [-0.4, -0.2) is 42.7 Å². The van der Waals surface area contributed by atoms with Crippen molar-refractivity contribution in [1.29, 1.82) is 0 Å². The van der Waals surface area contributed by atoms with Gasteiger partial charge in [-0.2, -0.15) is 0 Å². The molecule has 0 saturated carbocycles. The fourth-order valence-electron chi connectivity index (χ4n) is 4.19. The molecule has 2 rings (SSSR count). The standard InChI is InChI=1S/C27H43N2O3P/c1-6-10-17-33(18-11-7-2,19-12-8-3)28-25(27(30)32-9-4)20-23-21-29(22-31-5)26-16-14-13-15-24(23)26/h13-16,20-21H,6-12,17-19,22H2,1-5H3/b25-20-. The summed E-state index contributed by atoms with van der Waals surface area (Å²) in [5, 5.41) is 1.09. The summed E-state index contributed by atoms with van der Waals surface area (Å²) in [7, 11) is 0.0339. The minimum atomic E-state index is -1.66. The maximum absolute atomic E-state index is 13.1. The van der Waals surface area contributed by atoms with E-state index in [2.05, 4.69) is 37.5 Å². The summed E-state index contributed by atoms with van der Waals surface area (Å²) in [6, 6.07) is 8.21. The van der Waals surface area contributed by atoms with Crippen LogP contribution < -0.4 is 0 Å². The zero-order valence-electron chi connectivity index (χ0n) is 21.3. The lowest BCUT2D eigenvalue weighted by Gasteiger charge is -2.25. The van der Waals surface area contributed by atoms with Gasteiger partial charge in [0.2, 0.25) is 0 Å². The summed E-state index contributed by atoms with van der Waals surface area (Å²) < 4.78 is 18.3. The van der Waals surface area contributed by atoms with Crippen LogP contribution in [-0.2, 0) is 21.0 Å². The molecular formula is C27H43N2O3P. The smallest absolute Gasteiger partial charge is 0.356 e. The van der Waals surface area contributed by atoms with Crippen LogP contribution in [0.3, 0.4) is 0 Å². The van der Waals surface area contributed by atoms with Gasteiger partial charge in [0.15, 0.2) is 0 Å². The highest BCUT2D eigenvalue weighted by molar-refractivity contribution is 7.66. The molecule has 0 radical (unpaired) electrons. The van der Waals surface area contributed by atoms with Gasteiger partial charge in [-0.15, -0.1) is 0 Å². The number of aromatic nitrogens is 1. The van der Waals surface area contributed by atoms with Crippen molar-refractivity contribution in [3.05, 3.63) is 41.7 Å². The predicted octanol–water partition coefficient (Wildman–Crippen LogP) is 7.75. The molecular weight excluding hydrogens is 431 g/mol. The number of para-hydroxylation sites is 1. The molecule has 0 fully saturated rings.